The van der Waals surface area contributed by atoms with Gasteiger partial charge in [-0.15, -0.1) is 11.6 Å². The Bertz CT molecular complexity index is 450. The average molecular weight is 326 g/mol. The summed E-state index contributed by atoms with van der Waals surface area (Å²) in [6.07, 6.45) is 6.99. The Kier molecular flexibility index (Phi) is 6.45. The lowest BCUT2D eigenvalue weighted by Gasteiger charge is -2.29. The molecule has 2 aliphatic rings. The van der Waals surface area contributed by atoms with Crippen molar-refractivity contribution < 1.29 is 4.58 Å². The summed E-state index contributed by atoms with van der Waals surface area (Å²) in [5.41, 5.74) is 6.74. The minimum Gasteiger partial charge on any atom is -0.330 e. The fourth-order valence-electron chi connectivity index (χ4n) is 3.55. The molecular weight excluding hydrogens is 296 g/mol. The van der Waals surface area contributed by atoms with Gasteiger partial charge in [0.1, 0.15) is 6.20 Å². The zero-order valence-electron chi connectivity index (χ0n) is 14.0. The smallest absolute Gasteiger partial charge is 0.330 e. The quantitative estimate of drug-likeness (QED) is 0.365. The van der Waals surface area contributed by atoms with E-state index in [-0.39, 0.29) is 0 Å². The normalized spacial score (nSPS) is 27.2. The van der Waals surface area contributed by atoms with Crippen LogP contribution in [0.25, 0.3) is 0 Å². The van der Waals surface area contributed by atoms with Crippen LogP contribution in [-0.4, -0.2) is 54.7 Å². The number of piperidine rings is 1. The lowest BCUT2D eigenvalue weighted by atomic mass is 9.90. The van der Waals surface area contributed by atoms with E-state index in [9.17, 15) is 0 Å². The van der Waals surface area contributed by atoms with Gasteiger partial charge in [-0.1, -0.05) is 4.99 Å². The fraction of sp³-hybridized carbons (Fsp3) is 0.765. The van der Waals surface area contributed by atoms with E-state index < -0.39 is 0 Å². The van der Waals surface area contributed by atoms with Crippen molar-refractivity contribution in [3.63, 3.8) is 0 Å². The Morgan fingerprint density at radius 1 is 1.45 bits per heavy atom. The first-order valence-corrected chi connectivity index (χ1v) is 8.89. The van der Waals surface area contributed by atoms with Gasteiger partial charge in [0.25, 0.3) is 0 Å². The van der Waals surface area contributed by atoms with Crippen molar-refractivity contribution in [2.24, 2.45) is 28.5 Å². The maximum atomic E-state index is 5.81. The van der Waals surface area contributed by atoms with E-state index in [4.69, 9.17) is 17.3 Å². The number of allylic oxidation sites excluding steroid dienone is 1. The van der Waals surface area contributed by atoms with Crippen LogP contribution in [0.2, 0.25) is 0 Å². The van der Waals surface area contributed by atoms with Gasteiger partial charge in [0.15, 0.2) is 0 Å². The van der Waals surface area contributed by atoms with Crippen LogP contribution in [0.5, 0.6) is 0 Å². The molecule has 1 aliphatic heterocycles. The van der Waals surface area contributed by atoms with Gasteiger partial charge in [-0.2, -0.15) is 0 Å². The van der Waals surface area contributed by atoms with Crippen LogP contribution >= 0.6 is 11.6 Å². The number of hydrogen-bond acceptors (Lipinski definition) is 2. The maximum Gasteiger partial charge on any atom is 0.393 e. The first kappa shape index (κ1) is 17.5. The highest BCUT2D eigenvalue weighted by Crippen LogP contribution is 2.49. The van der Waals surface area contributed by atoms with E-state index >= 15 is 0 Å². The van der Waals surface area contributed by atoms with Crippen molar-refractivity contribution in [2.75, 3.05) is 32.6 Å². The molecule has 22 heavy (non-hydrogen) atoms. The van der Waals surface area contributed by atoms with Crippen molar-refractivity contribution in [3.05, 3.63) is 11.8 Å². The number of alkyl halides is 1. The summed E-state index contributed by atoms with van der Waals surface area (Å²) in [4.78, 5) is 6.94. The molecular formula is C17H30ClN4+. The van der Waals surface area contributed by atoms with Crippen molar-refractivity contribution in [1.29, 1.82) is 0 Å². The first-order valence-electron chi connectivity index (χ1n) is 8.35. The second-order valence-electron chi connectivity index (χ2n) is 6.80. The van der Waals surface area contributed by atoms with Gasteiger partial charge in [-0.25, -0.2) is 4.58 Å². The molecule has 1 saturated carbocycles. The number of nitrogens with two attached hydrogens (primary N) is 1. The summed E-state index contributed by atoms with van der Waals surface area (Å²) in [6, 6.07) is 0. The van der Waals surface area contributed by atoms with Gasteiger partial charge >= 0.3 is 5.96 Å². The van der Waals surface area contributed by atoms with Crippen molar-refractivity contribution in [1.82, 2.24) is 4.90 Å². The Labute approximate surface area is 139 Å². The number of rotatable bonds is 5. The van der Waals surface area contributed by atoms with Crippen molar-refractivity contribution in [3.8, 4) is 0 Å². The molecule has 2 fully saturated rings. The lowest BCUT2D eigenvalue weighted by molar-refractivity contribution is -0.374. The molecule has 5 heteroatoms. The van der Waals surface area contributed by atoms with Gasteiger partial charge in [-0.05, 0) is 62.5 Å². The topological polar surface area (TPSA) is 44.6 Å². The Hall–Kier alpha value is -0.870. The highest BCUT2D eigenvalue weighted by Gasteiger charge is 2.43. The second kappa shape index (κ2) is 8.11. The minimum atomic E-state index is 0.518. The lowest BCUT2D eigenvalue weighted by Crippen LogP contribution is -2.43. The molecule has 4 nitrogen and oxygen atoms in total. The Morgan fingerprint density at radius 2 is 2.14 bits per heavy atom. The summed E-state index contributed by atoms with van der Waals surface area (Å²) in [5.74, 6) is 4.17. The number of guanidine groups is 1. The molecule has 2 unspecified atom stereocenters. The van der Waals surface area contributed by atoms with E-state index in [2.05, 4.69) is 16.6 Å². The van der Waals surface area contributed by atoms with E-state index in [1.807, 2.05) is 24.7 Å². The van der Waals surface area contributed by atoms with Crippen LogP contribution in [0.4, 0.5) is 0 Å². The molecule has 0 spiro atoms. The molecule has 2 rings (SSSR count). The van der Waals surface area contributed by atoms with Crippen LogP contribution in [0, 0.1) is 17.8 Å². The molecule has 0 radical (unpaired) electrons. The second-order valence-corrected chi connectivity index (χ2v) is 7.06. The van der Waals surface area contributed by atoms with E-state index in [0.717, 1.165) is 48.9 Å². The van der Waals surface area contributed by atoms with Crippen LogP contribution in [-0.2, 0) is 0 Å². The minimum absolute atomic E-state index is 0.518. The Morgan fingerprint density at radius 3 is 2.68 bits per heavy atom. The largest absolute Gasteiger partial charge is 0.393 e. The molecule has 0 aromatic heterocycles. The van der Waals surface area contributed by atoms with Crippen LogP contribution < -0.4 is 5.73 Å². The molecule has 0 aromatic carbocycles. The van der Waals surface area contributed by atoms with Gasteiger partial charge in [0, 0.05) is 12.6 Å². The maximum absolute atomic E-state index is 5.81. The number of nitrogens with zero attached hydrogens (tertiary/aromatic N) is 3. The highest BCUT2D eigenvalue weighted by atomic mass is 35.5. The van der Waals surface area contributed by atoms with Crippen molar-refractivity contribution >= 4 is 24.3 Å². The average Bonchev–Trinajstić information content (AvgIpc) is 3.27. The Balaban J connectivity index is 1.90. The van der Waals surface area contributed by atoms with E-state index in [1.165, 1.54) is 25.7 Å². The molecule has 2 N–H and O–H groups in total. The third kappa shape index (κ3) is 4.56. The third-order valence-electron chi connectivity index (χ3n) is 4.90. The standard InChI is InChI=1S/C17H30ClN4/c1-13(11-18)12-20-17(21(2)3)22-8-5-14(6-9-22)16-10-15(16)4-7-19/h12,14-16H,2,4-11,19H2,1,3H3/q+1. The summed E-state index contributed by atoms with van der Waals surface area (Å²) in [7, 11) is 1.95. The number of aliphatic imine (C=N–C) groups is 1. The van der Waals surface area contributed by atoms with E-state index in [0.29, 0.717) is 5.88 Å². The zero-order valence-corrected chi connectivity index (χ0v) is 14.7. The third-order valence-corrected chi connectivity index (χ3v) is 5.32. The molecule has 0 bridgehead atoms. The van der Waals surface area contributed by atoms with Crippen molar-refractivity contribution in [2.45, 2.75) is 32.6 Å². The SMILES string of the molecule is C=[N+](C)C(=NC=C(C)CCl)N1CCC(C2CC2CCN)CC1. The molecule has 1 saturated heterocycles. The van der Waals surface area contributed by atoms with Gasteiger partial charge < -0.3 is 5.73 Å². The predicted octanol–water partition coefficient (Wildman–Crippen LogP) is 2.52. The van der Waals surface area contributed by atoms with Crippen LogP contribution in [0.3, 0.4) is 0 Å². The zero-order chi connectivity index (χ0) is 16.1. The molecule has 1 aliphatic carbocycles. The summed E-state index contributed by atoms with van der Waals surface area (Å²) < 4.78 is 1.85. The van der Waals surface area contributed by atoms with Gasteiger partial charge in [0.2, 0.25) is 0 Å². The molecule has 2 atom stereocenters. The first-order chi connectivity index (χ1) is 10.6. The van der Waals surface area contributed by atoms with Gasteiger partial charge in [0.05, 0.1) is 20.1 Å². The highest BCUT2D eigenvalue weighted by molar-refractivity contribution is 6.19. The predicted molar refractivity (Wildman–Crippen MR) is 94.8 cm³/mol. The monoisotopic (exact) mass is 325 g/mol. The molecule has 0 amide bonds. The fourth-order valence-corrected chi connectivity index (χ4v) is 3.62. The van der Waals surface area contributed by atoms with Crippen LogP contribution in [0.15, 0.2) is 16.8 Å². The number of hydrogen-bond donors (Lipinski definition) is 1. The molecule has 0 aromatic rings. The number of halogens is 1. The summed E-state index contributed by atoms with van der Waals surface area (Å²) in [5, 5.41) is 0. The van der Waals surface area contributed by atoms with Crippen LogP contribution in [0.1, 0.15) is 32.6 Å². The molecule has 1 heterocycles. The number of likely N-dealkylation sites (tertiary alicyclic amines) is 1. The summed E-state index contributed by atoms with van der Waals surface area (Å²) in [6.45, 7) is 8.99. The van der Waals surface area contributed by atoms with Gasteiger partial charge in [-0.3, -0.25) is 4.90 Å². The summed E-state index contributed by atoms with van der Waals surface area (Å²) >= 11 is 5.81. The molecule has 124 valence electrons. The van der Waals surface area contributed by atoms with E-state index in [1.54, 1.807) is 0 Å².